The van der Waals surface area contributed by atoms with Crippen molar-refractivity contribution in [3.05, 3.63) is 89.8 Å². The topological polar surface area (TPSA) is 83.3 Å². The fourth-order valence-electron chi connectivity index (χ4n) is 5.15. The smallest absolute Gasteiger partial charge is 0.251 e. The first-order chi connectivity index (χ1) is 16.2. The van der Waals surface area contributed by atoms with Crippen LogP contribution in [-0.4, -0.2) is 41.0 Å². The van der Waals surface area contributed by atoms with Crippen molar-refractivity contribution in [3.8, 4) is 0 Å². The lowest BCUT2D eigenvalue weighted by atomic mass is 9.77. The Balaban J connectivity index is 1.43. The highest BCUT2D eigenvalue weighted by Gasteiger charge is 2.30. The van der Waals surface area contributed by atoms with Gasteiger partial charge in [0, 0.05) is 49.1 Å². The summed E-state index contributed by atoms with van der Waals surface area (Å²) in [7, 11) is 0. The molecule has 2 aliphatic rings. The van der Waals surface area contributed by atoms with Crippen LogP contribution in [0.2, 0.25) is 0 Å². The van der Waals surface area contributed by atoms with Crippen LogP contribution in [0.3, 0.4) is 0 Å². The number of amides is 1. The van der Waals surface area contributed by atoms with Gasteiger partial charge in [-0.3, -0.25) is 25.9 Å². The average molecular weight is 446 g/mol. The molecular formula is C27H35N5O. The number of nitrogens with one attached hydrogen (secondary N) is 2. The summed E-state index contributed by atoms with van der Waals surface area (Å²) < 4.78 is 0. The fraction of sp³-hybridized carbons (Fsp3) is 0.407. The van der Waals surface area contributed by atoms with Gasteiger partial charge < -0.3 is 5.32 Å². The predicted octanol–water partition coefficient (Wildman–Crippen LogP) is 3.30. The maximum Gasteiger partial charge on any atom is 0.251 e. The molecule has 1 saturated heterocycles. The van der Waals surface area contributed by atoms with Crippen molar-refractivity contribution in [2.45, 2.75) is 50.7 Å². The van der Waals surface area contributed by atoms with E-state index in [-0.39, 0.29) is 29.8 Å². The Labute approximate surface area is 196 Å². The van der Waals surface area contributed by atoms with Crippen molar-refractivity contribution in [1.82, 2.24) is 20.6 Å². The number of carbonyl (C=O) groups excluding carboxylic acids is 1. The lowest BCUT2D eigenvalue weighted by Crippen LogP contribution is -2.48. The largest absolute Gasteiger partial charge is 0.348 e. The van der Waals surface area contributed by atoms with Gasteiger partial charge in [-0.25, -0.2) is 0 Å². The lowest BCUT2D eigenvalue weighted by molar-refractivity contribution is -0.118. The summed E-state index contributed by atoms with van der Waals surface area (Å²) in [6.45, 7) is 5.04. The molecule has 0 spiro atoms. The zero-order valence-electron chi connectivity index (χ0n) is 19.4. The molecule has 1 fully saturated rings. The number of hydrogen-bond acceptors (Lipinski definition) is 5. The Bertz CT molecular complexity index is 959. The van der Waals surface area contributed by atoms with Gasteiger partial charge in [-0.05, 0) is 55.0 Å². The molecule has 174 valence electrons. The maximum atomic E-state index is 13.2. The molecule has 33 heavy (non-hydrogen) atoms. The van der Waals surface area contributed by atoms with Gasteiger partial charge in [-0.15, -0.1) is 0 Å². The van der Waals surface area contributed by atoms with E-state index in [1.807, 2.05) is 30.6 Å². The SMILES string of the molecule is CCC(c1ccncc1)C1C=C(C(=O)NC2CCCN(Cc3ccccc3)C2)C=CC1NN. The molecule has 2 aromatic rings. The predicted molar refractivity (Wildman–Crippen MR) is 132 cm³/mol. The van der Waals surface area contributed by atoms with E-state index < -0.39 is 0 Å². The van der Waals surface area contributed by atoms with E-state index >= 15 is 0 Å². The van der Waals surface area contributed by atoms with Crippen LogP contribution in [-0.2, 0) is 11.3 Å². The molecule has 1 aromatic carbocycles. The molecule has 2 heterocycles. The van der Waals surface area contributed by atoms with Crippen molar-refractivity contribution in [3.63, 3.8) is 0 Å². The van der Waals surface area contributed by atoms with Crippen LogP contribution in [0.4, 0.5) is 0 Å². The average Bonchev–Trinajstić information content (AvgIpc) is 2.86. The minimum absolute atomic E-state index is 0.00265. The Kier molecular flexibility index (Phi) is 8.05. The Morgan fingerprint density at radius 1 is 1.21 bits per heavy atom. The van der Waals surface area contributed by atoms with Gasteiger partial charge in [-0.1, -0.05) is 55.5 Å². The second-order valence-electron chi connectivity index (χ2n) is 9.08. The second kappa shape index (κ2) is 11.4. The molecule has 0 saturated carbocycles. The molecular weight excluding hydrogens is 410 g/mol. The number of piperidine rings is 1. The molecule has 4 atom stereocenters. The lowest BCUT2D eigenvalue weighted by Gasteiger charge is -2.34. The summed E-state index contributed by atoms with van der Waals surface area (Å²) in [6.07, 6.45) is 12.7. The van der Waals surface area contributed by atoms with Crippen molar-refractivity contribution >= 4 is 5.91 Å². The number of likely N-dealkylation sites (tertiary alicyclic amines) is 1. The standard InChI is InChI=1S/C27H35N5O/c1-2-24(21-12-14-29-15-13-21)25-17-22(10-11-26(25)31-28)27(33)30-23-9-6-16-32(19-23)18-20-7-4-3-5-8-20/h3-5,7-8,10-15,17,23-26,31H,2,6,9,16,18-19,28H2,1H3,(H,30,33). The minimum atomic E-state index is -0.0179. The number of hydrazine groups is 1. The highest BCUT2D eigenvalue weighted by molar-refractivity contribution is 5.96. The summed E-state index contributed by atoms with van der Waals surface area (Å²) in [4.78, 5) is 19.8. The van der Waals surface area contributed by atoms with Gasteiger partial charge in [0.05, 0.1) is 0 Å². The first kappa shape index (κ1) is 23.4. The third-order valence-corrected chi connectivity index (χ3v) is 6.85. The van der Waals surface area contributed by atoms with Crippen LogP contribution in [0.25, 0.3) is 0 Å². The number of nitrogens with two attached hydrogens (primary N) is 1. The van der Waals surface area contributed by atoms with Crippen LogP contribution < -0.4 is 16.6 Å². The Morgan fingerprint density at radius 3 is 2.73 bits per heavy atom. The molecule has 0 radical (unpaired) electrons. The van der Waals surface area contributed by atoms with E-state index in [1.54, 1.807) is 0 Å². The summed E-state index contributed by atoms with van der Waals surface area (Å²) in [5, 5.41) is 3.29. The number of nitrogens with zero attached hydrogens (tertiary/aromatic N) is 2. The van der Waals surface area contributed by atoms with E-state index in [4.69, 9.17) is 5.84 Å². The molecule has 6 nitrogen and oxygen atoms in total. The minimum Gasteiger partial charge on any atom is -0.348 e. The van der Waals surface area contributed by atoms with Crippen LogP contribution >= 0.6 is 0 Å². The van der Waals surface area contributed by atoms with Gasteiger partial charge in [0.15, 0.2) is 0 Å². The molecule has 0 bridgehead atoms. The molecule has 1 aliphatic heterocycles. The Morgan fingerprint density at radius 2 is 2.00 bits per heavy atom. The number of carbonyl (C=O) groups is 1. The van der Waals surface area contributed by atoms with E-state index in [0.29, 0.717) is 0 Å². The first-order valence-electron chi connectivity index (χ1n) is 12.0. The van der Waals surface area contributed by atoms with E-state index in [9.17, 15) is 4.79 Å². The van der Waals surface area contributed by atoms with Gasteiger partial charge in [0.1, 0.15) is 0 Å². The molecule has 6 heteroatoms. The van der Waals surface area contributed by atoms with Crippen LogP contribution in [0.5, 0.6) is 0 Å². The fourth-order valence-corrected chi connectivity index (χ4v) is 5.15. The van der Waals surface area contributed by atoms with Crippen LogP contribution in [0.1, 0.15) is 43.2 Å². The highest BCUT2D eigenvalue weighted by Crippen LogP contribution is 2.34. The normalized spacial score (nSPS) is 24.2. The summed E-state index contributed by atoms with van der Waals surface area (Å²) in [5.41, 5.74) is 6.17. The van der Waals surface area contributed by atoms with Crippen LogP contribution in [0, 0.1) is 5.92 Å². The van der Waals surface area contributed by atoms with Crippen molar-refractivity contribution in [1.29, 1.82) is 0 Å². The zero-order chi connectivity index (χ0) is 23.0. The number of hydrogen-bond donors (Lipinski definition) is 3. The van der Waals surface area contributed by atoms with Crippen molar-refractivity contribution in [2.75, 3.05) is 13.1 Å². The molecule has 4 N–H and O–H groups in total. The third-order valence-electron chi connectivity index (χ3n) is 6.85. The van der Waals surface area contributed by atoms with E-state index in [0.717, 1.165) is 44.5 Å². The number of aromatic nitrogens is 1. The highest BCUT2D eigenvalue weighted by atomic mass is 16.1. The second-order valence-corrected chi connectivity index (χ2v) is 9.08. The summed E-state index contributed by atoms with van der Waals surface area (Å²) in [5.74, 6) is 6.21. The number of benzene rings is 1. The van der Waals surface area contributed by atoms with Gasteiger partial charge in [0.2, 0.25) is 0 Å². The summed E-state index contributed by atoms with van der Waals surface area (Å²) >= 11 is 0. The third kappa shape index (κ3) is 5.96. The zero-order valence-corrected chi connectivity index (χ0v) is 19.4. The molecule has 1 aliphatic carbocycles. The summed E-state index contributed by atoms with van der Waals surface area (Å²) in [6, 6.07) is 14.8. The van der Waals surface area contributed by atoms with Crippen molar-refractivity contribution < 1.29 is 4.79 Å². The molecule has 4 unspecified atom stereocenters. The monoisotopic (exact) mass is 445 g/mol. The molecule has 4 rings (SSSR count). The number of rotatable bonds is 8. The van der Waals surface area contributed by atoms with Gasteiger partial charge in [0.25, 0.3) is 5.91 Å². The first-order valence-corrected chi connectivity index (χ1v) is 12.0. The molecule has 1 amide bonds. The number of pyridine rings is 1. The maximum absolute atomic E-state index is 13.2. The van der Waals surface area contributed by atoms with E-state index in [1.165, 1.54) is 11.1 Å². The Hall–Kier alpha value is -2.80. The van der Waals surface area contributed by atoms with E-state index in [2.05, 4.69) is 70.0 Å². The van der Waals surface area contributed by atoms with Gasteiger partial charge in [-0.2, -0.15) is 0 Å². The van der Waals surface area contributed by atoms with Gasteiger partial charge >= 0.3 is 0 Å². The quantitative estimate of drug-likeness (QED) is 0.429. The van der Waals surface area contributed by atoms with Crippen molar-refractivity contribution in [2.24, 2.45) is 11.8 Å². The van der Waals surface area contributed by atoms with Crippen LogP contribution in [0.15, 0.2) is 78.7 Å². The molecule has 1 aromatic heterocycles.